The van der Waals surface area contributed by atoms with Crippen LogP contribution in [0.3, 0.4) is 0 Å². The Morgan fingerprint density at radius 2 is 1.41 bits per heavy atom. The van der Waals surface area contributed by atoms with E-state index >= 15 is 0 Å². The molecule has 0 bridgehead atoms. The summed E-state index contributed by atoms with van der Waals surface area (Å²) >= 11 is 0. The van der Waals surface area contributed by atoms with Crippen LogP contribution in [-0.2, 0) is 14.3 Å². The Labute approximate surface area is 171 Å². The van der Waals surface area contributed by atoms with Gasteiger partial charge in [0, 0.05) is 5.56 Å². The van der Waals surface area contributed by atoms with Gasteiger partial charge in [-0.3, -0.25) is 4.79 Å². The lowest BCUT2D eigenvalue weighted by molar-refractivity contribution is -0.167. The Hall–Kier alpha value is -3.14. The Kier molecular flexibility index (Phi) is 7.01. The predicted molar refractivity (Wildman–Crippen MR) is 114 cm³/mol. The summed E-state index contributed by atoms with van der Waals surface area (Å²) in [5.41, 5.74) is 2.41. The average Bonchev–Trinajstić information content (AvgIpc) is 2.78. The predicted octanol–water partition coefficient (Wildman–Crippen LogP) is 5.74. The molecule has 0 N–H and O–H groups in total. The second kappa shape index (κ2) is 9.87. The number of rotatable bonds is 7. The highest BCUT2D eigenvalue weighted by Gasteiger charge is 2.31. The van der Waals surface area contributed by atoms with E-state index < -0.39 is 12.1 Å². The van der Waals surface area contributed by atoms with Crippen molar-refractivity contribution in [1.29, 1.82) is 0 Å². The summed E-state index contributed by atoms with van der Waals surface area (Å²) in [4.78, 5) is 25.6. The first-order valence-electron chi connectivity index (χ1n) is 9.98. The molecule has 3 rings (SSSR count). The smallest absolute Gasteiger partial charge is 0.357 e. The molecule has 0 aliphatic heterocycles. The Bertz CT molecular complexity index is 859. The molecule has 0 radical (unpaired) electrons. The number of carbonyl (C=O) groups excluding carboxylic acids is 2. The zero-order valence-corrected chi connectivity index (χ0v) is 16.5. The number of carbonyl (C=O) groups is 2. The molecule has 4 heteroatoms. The van der Waals surface area contributed by atoms with E-state index in [1.165, 1.54) is 0 Å². The van der Waals surface area contributed by atoms with Crippen molar-refractivity contribution >= 4 is 24.1 Å². The molecule has 1 saturated carbocycles. The van der Waals surface area contributed by atoms with Gasteiger partial charge >= 0.3 is 11.9 Å². The molecule has 0 amide bonds. The van der Waals surface area contributed by atoms with Gasteiger partial charge < -0.3 is 9.47 Å². The Balaban J connectivity index is 1.79. The first kappa shape index (κ1) is 20.6. The molecule has 0 spiro atoms. The SMILES string of the molecule is C=Cc1ccc(OC(=O)C(OC(=O)C2CCCCC2)c2ccc(C=C)cc2)cc1. The molecule has 150 valence electrons. The highest BCUT2D eigenvalue weighted by Crippen LogP contribution is 2.29. The van der Waals surface area contributed by atoms with Gasteiger partial charge in [0.2, 0.25) is 6.10 Å². The molecule has 1 aliphatic carbocycles. The van der Waals surface area contributed by atoms with E-state index in [0.29, 0.717) is 11.3 Å². The summed E-state index contributed by atoms with van der Waals surface area (Å²) in [5, 5.41) is 0. The van der Waals surface area contributed by atoms with Crippen molar-refractivity contribution in [1.82, 2.24) is 0 Å². The third-order valence-corrected chi connectivity index (χ3v) is 5.20. The van der Waals surface area contributed by atoms with Crippen LogP contribution in [0.1, 0.15) is 54.9 Å². The third-order valence-electron chi connectivity index (χ3n) is 5.20. The van der Waals surface area contributed by atoms with Gasteiger partial charge in [0.25, 0.3) is 0 Å². The fourth-order valence-electron chi connectivity index (χ4n) is 3.45. The van der Waals surface area contributed by atoms with Crippen LogP contribution in [0.25, 0.3) is 12.2 Å². The van der Waals surface area contributed by atoms with Crippen molar-refractivity contribution in [3.8, 4) is 5.75 Å². The number of hydrogen-bond donors (Lipinski definition) is 0. The third kappa shape index (κ3) is 5.44. The van der Waals surface area contributed by atoms with E-state index in [2.05, 4.69) is 13.2 Å². The van der Waals surface area contributed by atoms with E-state index in [-0.39, 0.29) is 11.9 Å². The van der Waals surface area contributed by atoms with Crippen LogP contribution in [0.15, 0.2) is 61.7 Å². The first-order valence-corrected chi connectivity index (χ1v) is 9.98. The molecule has 1 fully saturated rings. The second-order valence-corrected chi connectivity index (χ2v) is 7.22. The fraction of sp³-hybridized carbons (Fsp3) is 0.280. The van der Waals surface area contributed by atoms with Gasteiger partial charge in [0.05, 0.1) is 5.92 Å². The van der Waals surface area contributed by atoms with Crippen LogP contribution in [-0.4, -0.2) is 11.9 Å². The molecule has 2 aromatic carbocycles. The lowest BCUT2D eigenvalue weighted by atomic mass is 9.89. The minimum atomic E-state index is -1.11. The summed E-state index contributed by atoms with van der Waals surface area (Å²) in [5.74, 6) is -0.714. The Morgan fingerprint density at radius 1 is 0.862 bits per heavy atom. The van der Waals surface area contributed by atoms with Crippen LogP contribution in [0.5, 0.6) is 5.75 Å². The summed E-state index contributed by atoms with van der Waals surface area (Å²) < 4.78 is 11.2. The van der Waals surface area contributed by atoms with Crippen LogP contribution in [0, 0.1) is 5.92 Å². The maximum atomic E-state index is 12.9. The normalized spacial score (nSPS) is 15.2. The molecule has 0 heterocycles. The van der Waals surface area contributed by atoms with E-state index in [9.17, 15) is 9.59 Å². The van der Waals surface area contributed by atoms with Crippen molar-refractivity contribution in [2.45, 2.75) is 38.2 Å². The highest BCUT2D eigenvalue weighted by atomic mass is 16.6. The summed E-state index contributed by atoms with van der Waals surface area (Å²) in [7, 11) is 0. The zero-order chi connectivity index (χ0) is 20.6. The number of hydrogen-bond acceptors (Lipinski definition) is 4. The maximum Gasteiger partial charge on any atom is 0.357 e. The van der Waals surface area contributed by atoms with Gasteiger partial charge in [-0.2, -0.15) is 0 Å². The van der Waals surface area contributed by atoms with Gasteiger partial charge in [0.1, 0.15) is 5.75 Å². The topological polar surface area (TPSA) is 52.6 Å². The van der Waals surface area contributed by atoms with E-state index in [0.717, 1.165) is 43.2 Å². The van der Waals surface area contributed by atoms with Gasteiger partial charge in [-0.15, -0.1) is 0 Å². The minimum absolute atomic E-state index is 0.154. The van der Waals surface area contributed by atoms with Gasteiger partial charge in [-0.25, -0.2) is 4.79 Å². The van der Waals surface area contributed by atoms with Crippen molar-refractivity contribution in [2.75, 3.05) is 0 Å². The van der Waals surface area contributed by atoms with Crippen molar-refractivity contribution < 1.29 is 19.1 Å². The molecular formula is C25H26O4. The van der Waals surface area contributed by atoms with Gasteiger partial charge in [-0.05, 0) is 36.1 Å². The lowest BCUT2D eigenvalue weighted by Crippen LogP contribution is -2.28. The first-order chi connectivity index (χ1) is 14.1. The molecular weight excluding hydrogens is 364 g/mol. The standard InChI is InChI=1S/C25H26O4/c1-3-18-10-14-20(15-11-18)23(29-24(26)21-8-6-5-7-9-21)25(27)28-22-16-12-19(4-2)13-17-22/h3-4,10-17,21,23H,1-2,5-9H2. The van der Waals surface area contributed by atoms with E-state index in [1.54, 1.807) is 48.6 Å². The fourth-order valence-corrected chi connectivity index (χ4v) is 3.45. The average molecular weight is 390 g/mol. The van der Waals surface area contributed by atoms with Crippen molar-refractivity contribution in [3.05, 3.63) is 78.4 Å². The lowest BCUT2D eigenvalue weighted by Gasteiger charge is -2.23. The molecule has 29 heavy (non-hydrogen) atoms. The van der Waals surface area contributed by atoms with Crippen LogP contribution >= 0.6 is 0 Å². The molecule has 2 aromatic rings. The quantitative estimate of drug-likeness (QED) is 0.447. The highest BCUT2D eigenvalue weighted by molar-refractivity contribution is 5.83. The monoisotopic (exact) mass is 390 g/mol. The van der Waals surface area contributed by atoms with Gasteiger partial charge in [0.15, 0.2) is 0 Å². The van der Waals surface area contributed by atoms with E-state index in [1.807, 2.05) is 12.1 Å². The minimum Gasteiger partial charge on any atom is -0.445 e. The summed E-state index contributed by atoms with van der Waals surface area (Å²) in [6.45, 7) is 7.44. The molecule has 0 aromatic heterocycles. The molecule has 1 atom stereocenters. The molecule has 0 saturated heterocycles. The molecule has 1 aliphatic rings. The van der Waals surface area contributed by atoms with Gasteiger partial charge in [-0.1, -0.05) is 81.0 Å². The summed E-state index contributed by atoms with van der Waals surface area (Å²) in [6.07, 6.45) is 7.09. The Morgan fingerprint density at radius 3 is 1.97 bits per heavy atom. The largest absolute Gasteiger partial charge is 0.445 e. The second-order valence-electron chi connectivity index (χ2n) is 7.22. The van der Waals surface area contributed by atoms with Crippen molar-refractivity contribution in [3.63, 3.8) is 0 Å². The van der Waals surface area contributed by atoms with Crippen molar-refractivity contribution in [2.24, 2.45) is 5.92 Å². The maximum absolute atomic E-state index is 12.9. The van der Waals surface area contributed by atoms with Crippen LogP contribution in [0.4, 0.5) is 0 Å². The van der Waals surface area contributed by atoms with Crippen LogP contribution in [0.2, 0.25) is 0 Å². The summed E-state index contributed by atoms with van der Waals surface area (Å²) in [6, 6.07) is 14.2. The van der Waals surface area contributed by atoms with E-state index in [4.69, 9.17) is 9.47 Å². The molecule has 1 unspecified atom stereocenters. The number of ether oxygens (including phenoxy) is 2. The number of benzene rings is 2. The zero-order valence-electron chi connectivity index (χ0n) is 16.5. The number of esters is 2. The molecule has 4 nitrogen and oxygen atoms in total. The van der Waals surface area contributed by atoms with Crippen LogP contribution < -0.4 is 4.74 Å².